The average molecular weight is 361 g/mol. The van der Waals surface area contributed by atoms with Gasteiger partial charge >= 0.3 is 5.97 Å². The molecule has 3 rings (SSSR count). The van der Waals surface area contributed by atoms with Crippen LogP contribution in [0.25, 0.3) is 6.08 Å². The highest BCUT2D eigenvalue weighted by atomic mass is 16.5. The van der Waals surface area contributed by atoms with Crippen LogP contribution < -0.4 is 4.90 Å². The number of anilines is 1. The zero-order chi connectivity index (χ0) is 19.6. The molecule has 4 heteroatoms. The third-order valence-electron chi connectivity index (χ3n) is 4.75. The van der Waals surface area contributed by atoms with Crippen LogP contribution >= 0.6 is 0 Å². The minimum atomic E-state index is -0.507. The van der Waals surface area contributed by atoms with E-state index in [2.05, 4.69) is 6.92 Å². The number of carbonyl (C=O) groups excluding carboxylic acids is 2. The van der Waals surface area contributed by atoms with Crippen molar-refractivity contribution in [1.29, 1.82) is 0 Å². The molecule has 0 aliphatic carbocycles. The second-order valence-corrected chi connectivity index (χ2v) is 6.58. The Kier molecular flexibility index (Phi) is 5.26. The molecular formula is C23H23NO3. The lowest BCUT2D eigenvalue weighted by Crippen LogP contribution is -2.24. The van der Waals surface area contributed by atoms with Crippen LogP contribution in [0.1, 0.15) is 30.5 Å². The Morgan fingerprint density at radius 2 is 1.81 bits per heavy atom. The van der Waals surface area contributed by atoms with Crippen LogP contribution in [0.3, 0.4) is 0 Å². The van der Waals surface area contributed by atoms with E-state index in [1.165, 1.54) is 12.7 Å². The van der Waals surface area contributed by atoms with E-state index in [1.807, 2.05) is 55.5 Å². The number of hydrogen-bond acceptors (Lipinski definition) is 3. The van der Waals surface area contributed by atoms with Crippen LogP contribution in [-0.4, -0.2) is 19.0 Å². The van der Waals surface area contributed by atoms with E-state index in [4.69, 9.17) is 4.74 Å². The molecule has 1 amide bonds. The highest BCUT2D eigenvalue weighted by molar-refractivity contribution is 6.23. The Balaban J connectivity index is 2.11. The first kappa shape index (κ1) is 18.6. The first-order valence-corrected chi connectivity index (χ1v) is 8.97. The molecule has 0 unspecified atom stereocenters. The summed E-state index contributed by atoms with van der Waals surface area (Å²) in [5.74, 6) is -0.730. The molecule has 0 atom stereocenters. The molecule has 4 nitrogen and oxygen atoms in total. The fraction of sp³-hybridized carbons (Fsp3) is 0.217. The number of amides is 1. The number of ether oxygens (including phenoxy) is 1. The Labute approximate surface area is 159 Å². The quantitative estimate of drug-likeness (QED) is 0.598. The lowest BCUT2D eigenvalue weighted by atomic mass is 10.0. The molecule has 0 aromatic heterocycles. The number of hydrogen-bond donors (Lipinski definition) is 0. The summed E-state index contributed by atoms with van der Waals surface area (Å²) in [5, 5.41) is 0. The molecule has 2 aromatic rings. The fourth-order valence-corrected chi connectivity index (χ4v) is 3.30. The van der Waals surface area contributed by atoms with E-state index in [-0.39, 0.29) is 5.91 Å². The molecule has 27 heavy (non-hydrogen) atoms. The second kappa shape index (κ2) is 7.62. The van der Waals surface area contributed by atoms with Gasteiger partial charge in [-0.25, -0.2) is 4.79 Å². The zero-order valence-electron chi connectivity index (χ0n) is 16.1. The van der Waals surface area contributed by atoms with Gasteiger partial charge in [-0.1, -0.05) is 48.9 Å². The van der Waals surface area contributed by atoms with Crippen molar-refractivity contribution in [3.8, 4) is 0 Å². The highest BCUT2D eigenvalue weighted by Gasteiger charge is 2.37. The van der Waals surface area contributed by atoms with Gasteiger partial charge in [0.15, 0.2) is 0 Å². The Bertz CT molecular complexity index is 952. The number of rotatable bonds is 4. The monoisotopic (exact) mass is 361 g/mol. The number of carbonyl (C=O) groups is 2. The molecule has 0 radical (unpaired) electrons. The number of esters is 1. The maximum absolute atomic E-state index is 13.2. The van der Waals surface area contributed by atoms with Gasteiger partial charge in [0.2, 0.25) is 0 Å². The summed E-state index contributed by atoms with van der Waals surface area (Å²) in [6, 6.07) is 15.6. The van der Waals surface area contributed by atoms with Crippen molar-refractivity contribution in [2.45, 2.75) is 27.2 Å². The van der Waals surface area contributed by atoms with E-state index in [0.717, 1.165) is 23.2 Å². The molecule has 0 spiro atoms. The number of methoxy groups -OCH3 is 1. The Morgan fingerprint density at radius 1 is 1.11 bits per heavy atom. The maximum Gasteiger partial charge on any atom is 0.340 e. The minimum absolute atomic E-state index is 0.223. The number of allylic oxidation sites excluding steroid dienone is 1. The van der Waals surface area contributed by atoms with Gasteiger partial charge in [0.05, 0.1) is 18.3 Å². The van der Waals surface area contributed by atoms with Gasteiger partial charge in [0.1, 0.15) is 0 Å². The molecule has 1 aliphatic rings. The topological polar surface area (TPSA) is 46.6 Å². The van der Waals surface area contributed by atoms with Crippen molar-refractivity contribution in [3.63, 3.8) is 0 Å². The summed E-state index contributed by atoms with van der Waals surface area (Å²) >= 11 is 0. The first-order valence-electron chi connectivity index (χ1n) is 8.97. The molecule has 2 aromatic carbocycles. The predicted molar refractivity (Wildman–Crippen MR) is 107 cm³/mol. The van der Waals surface area contributed by atoms with Crippen molar-refractivity contribution in [1.82, 2.24) is 0 Å². The van der Waals surface area contributed by atoms with Gasteiger partial charge in [-0.2, -0.15) is 0 Å². The van der Waals surface area contributed by atoms with E-state index in [1.54, 1.807) is 17.9 Å². The lowest BCUT2D eigenvalue weighted by molar-refractivity contribution is -0.136. The summed E-state index contributed by atoms with van der Waals surface area (Å²) in [7, 11) is 1.33. The molecule has 1 heterocycles. The van der Waals surface area contributed by atoms with Crippen LogP contribution in [0.15, 0.2) is 65.4 Å². The van der Waals surface area contributed by atoms with Gasteiger partial charge in [-0.05, 0) is 49.6 Å². The van der Waals surface area contributed by atoms with Crippen molar-refractivity contribution in [3.05, 3.63) is 82.1 Å². The molecule has 0 bridgehead atoms. The van der Waals surface area contributed by atoms with Crippen molar-refractivity contribution >= 4 is 23.6 Å². The molecular weight excluding hydrogens is 338 g/mol. The lowest BCUT2D eigenvalue weighted by Gasteiger charge is -2.18. The molecule has 138 valence electrons. The first-order chi connectivity index (χ1) is 13.0. The van der Waals surface area contributed by atoms with Crippen molar-refractivity contribution < 1.29 is 14.3 Å². The summed E-state index contributed by atoms with van der Waals surface area (Å²) in [5.41, 5.74) is 5.13. The molecule has 0 saturated heterocycles. The largest absolute Gasteiger partial charge is 0.465 e. The zero-order valence-corrected chi connectivity index (χ0v) is 16.1. The Hall–Kier alpha value is -3.14. The second-order valence-electron chi connectivity index (χ2n) is 6.58. The normalized spacial score (nSPS) is 15.6. The van der Waals surface area contributed by atoms with E-state index < -0.39 is 5.97 Å². The van der Waals surface area contributed by atoms with Crippen molar-refractivity contribution in [2.24, 2.45) is 0 Å². The minimum Gasteiger partial charge on any atom is -0.465 e. The smallest absolute Gasteiger partial charge is 0.340 e. The van der Waals surface area contributed by atoms with Crippen LogP contribution in [0.4, 0.5) is 5.69 Å². The van der Waals surface area contributed by atoms with Crippen LogP contribution in [0.2, 0.25) is 0 Å². The van der Waals surface area contributed by atoms with Crippen LogP contribution in [-0.2, 0) is 20.7 Å². The standard InChI is InChI=1S/C23H23NO3/c1-5-17-9-11-19(12-10-17)24-16(3)21(23(26)27-4)20(22(24)25)14-18-8-6-7-15(2)13-18/h6-14H,5H2,1-4H3. The van der Waals surface area contributed by atoms with Crippen LogP contribution in [0, 0.1) is 6.92 Å². The summed E-state index contributed by atoms with van der Waals surface area (Å²) in [6.07, 6.45) is 2.68. The SMILES string of the molecule is CCc1ccc(N2C(=O)C(=Cc3cccc(C)c3)C(C(=O)OC)=C2C)cc1. The van der Waals surface area contributed by atoms with Gasteiger partial charge in [-0.15, -0.1) is 0 Å². The third kappa shape index (κ3) is 3.56. The average Bonchev–Trinajstić information content (AvgIpc) is 2.91. The van der Waals surface area contributed by atoms with E-state index in [9.17, 15) is 9.59 Å². The molecule has 0 saturated carbocycles. The van der Waals surface area contributed by atoms with Gasteiger partial charge < -0.3 is 4.74 Å². The molecule has 1 aliphatic heterocycles. The predicted octanol–water partition coefficient (Wildman–Crippen LogP) is 4.43. The van der Waals surface area contributed by atoms with Gasteiger partial charge in [0.25, 0.3) is 5.91 Å². The van der Waals surface area contributed by atoms with E-state index in [0.29, 0.717) is 16.8 Å². The van der Waals surface area contributed by atoms with Gasteiger partial charge in [0, 0.05) is 11.4 Å². The number of nitrogens with zero attached hydrogens (tertiary/aromatic N) is 1. The molecule has 0 N–H and O–H groups in total. The third-order valence-corrected chi connectivity index (χ3v) is 4.75. The summed E-state index contributed by atoms with van der Waals surface area (Å²) < 4.78 is 4.95. The van der Waals surface area contributed by atoms with Crippen molar-refractivity contribution in [2.75, 3.05) is 12.0 Å². The maximum atomic E-state index is 13.2. The number of benzene rings is 2. The number of aryl methyl sites for hydroxylation is 2. The van der Waals surface area contributed by atoms with Gasteiger partial charge in [-0.3, -0.25) is 9.69 Å². The van der Waals surface area contributed by atoms with E-state index >= 15 is 0 Å². The van der Waals surface area contributed by atoms with Crippen LogP contribution in [0.5, 0.6) is 0 Å². The summed E-state index contributed by atoms with van der Waals surface area (Å²) in [6.45, 7) is 5.84. The highest BCUT2D eigenvalue weighted by Crippen LogP contribution is 2.35. The summed E-state index contributed by atoms with van der Waals surface area (Å²) in [4.78, 5) is 27.2. The Morgan fingerprint density at radius 3 is 2.41 bits per heavy atom. The molecule has 0 fully saturated rings. The fourth-order valence-electron chi connectivity index (χ4n) is 3.30.